The van der Waals surface area contributed by atoms with Crippen LogP contribution >= 0.6 is 0 Å². The zero-order valence-corrected chi connectivity index (χ0v) is 11.3. The Morgan fingerprint density at radius 1 is 1.38 bits per heavy atom. The summed E-state index contributed by atoms with van der Waals surface area (Å²) in [5, 5.41) is 11.2. The van der Waals surface area contributed by atoms with Crippen molar-refractivity contribution in [3.63, 3.8) is 0 Å². The Morgan fingerprint density at radius 3 is 2.43 bits per heavy atom. The number of carboxylic acid groups (broad SMARTS) is 1. The van der Waals surface area contributed by atoms with E-state index in [0.29, 0.717) is 5.56 Å². The maximum atomic E-state index is 12.7. The highest BCUT2D eigenvalue weighted by molar-refractivity contribution is 5.82. The summed E-state index contributed by atoms with van der Waals surface area (Å²) in [5.74, 6) is -2.21. The molecule has 1 aromatic rings. The molecular formula is C13H14F3NO4. The van der Waals surface area contributed by atoms with Gasteiger partial charge in [0.1, 0.15) is 11.8 Å². The van der Waals surface area contributed by atoms with Gasteiger partial charge in [0.15, 0.2) is 0 Å². The van der Waals surface area contributed by atoms with Gasteiger partial charge in [0.2, 0.25) is 5.91 Å². The van der Waals surface area contributed by atoms with Crippen molar-refractivity contribution in [2.75, 3.05) is 7.11 Å². The highest BCUT2D eigenvalue weighted by Crippen LogP contribution is 2.36. The van der Waals surface area contributed by atoms with Crippen LogP contribution in [0.15, 0.2) is 18.2 Å². The van der Waals surface area contributed by atoms with Gasteiger partial charge in [-0.3, -0.25) is 4.79 Å². The van der Waals surface area contributed by atoms with Crippen LogP contribution in [0.25, 0.3) is 0 Å². The van der Waals surface area contributed by atoms with Crippen molar-refractivity contribution in [2.45, 2.75) is 25.6 Å². The number of rotatable bonds is 5. The monoisotopic (exact) mass is 305 g/mol. The van der Waals surface area contributed by atoms with Crippen molar-refractivity contribution in [1.82, 2.24) is 5.32 Å². The maximum absolute atomic E-state index is 12.7. The Labute approximate surface area is 118 Å². The smallest absolute Gasteiger partial charge is 0.419 e. The number of alkyl halides is 3. The Hall–Kier alpha value is -2.25. The molecule has 21 heavy (non-hydrogen) atoms. The van der Waals surface area contributed by atoms with E-state index in [1.807, 2.05) is 0 Å². The highest BCUT2D eigenvalue weighted by Gasteiger charge is 2.34. The number of halogens is 3. The Kier molecular flexibility index (Phi) is 5.17. The molecule has 0 spiro atoms. The van der Waals surface area contributed by atoms with Gasteiger partial charge in [-0.2, -0.15) is 13.2 Å². The van der Waals surface area contributed by atoms with E-state index in [1.54, 1.807) is 0 Å². The number of amides is 1. The van der Waals surface area contributed by atoms with Crippen LogP contribution in [0.3, 0.4) is 0 Å². The lowest BCUT2D eigenvalue weighted by Gasteiger charge is -2.16. The van der Waals surface area contributed by atoms with E-state index >= 15 is 0 Å². The first-order chi connectivity index (χ1) is 9.65. The zero-order chi connectivity index (χ0) is 16.2. The molecule has 0 aliphatic carbocycles. The second-order valence-electron chi connectivity index (χ2n) is 4.33. The summed E-state index contributed by atoms with van der Waals surface area (Å²) in [5.41, 5.74) is -0.638. The van der Waals surface area contributed by atoms with Crippen molar-refractivity contribution in [1.29, 1.82) is 0 Å². The number of hydrogen-bond acceptors (Lipinski definition) is 3. The van der Waals surface area contributed by atoms with Crippen molar-refractivity contribution in [2.24, 2.45) is 0 Å². The standard InChI is InChI=1S/C13H14F3NO4/c1-7(18)17-10(12(19)20)5-8-3-4-9(13(14,15)16)11(6-8)21-2/h3-4,6,10H,5H2,1-2H3,(H,17,18)(H,19,20). The maximum Gasteiger partial charge on any atom is 0.419 e. The molecule has 116 valence electrons. The first-order valence-corrected chi connectivity index (χ1v) is 5.89. The molecule has 1 aromatic carbocycles. The van der Waals surface area contributed by atoms with Crippen molar-refractivity contribution >= 4 is 11.9 Å². The van der Waals surface area contributed by atoms with Crippen LogP contribution in [0.1, 0.15) is 18.1 Å². The molecule has 1 rings (SSSR count). The molecule has 2 N–H and O–H groups in total. The molecule has 1 unspecified atom stereocenters. The molecule has 0 saturated heterocycles. The summed E-state index contributed by atoms with van der Waals surface area (Å²) in [6.45, 7) is 1.16. The van der Waals surface area contributed by atoms with Gasteiger partial charge in [0, 0.05) is 13.3 Å². The third kappa shape index (κ3) is 4.66. The van der Waals surface area contributed by atoms with Crippen LogP contribution in [0.4, 0.5) is 13.2 Å². The molecule has 0 fully saturated rings. The normalized spacial score (nSPS) is 12.6. The number of aliphatic carboxylic acids is 1. The fourth-order valence-corrected chi connectivity index (χ4v) is 1.78. The summed E-state index contributed by atoms with van der Waals surface area (Å²) in [6.07, 6.45) is -4.71. The molecule has 0 aliphatic heterocycles. The molecule has 0 aliphatic rings. The first-order valence-electron chi connectivity index (χ1n) is 5.89. The number of methoxy groups -OCH3 is 1. The molecule has 0 bridgehead atoms. The molecular weight excluding hydrogens is 291 g/mol. The minimum absolute atomic E-state index is 0.149. The summed E-state index contributed by atoms with van der Waals surface area (Å²) in [6, 6.07) is 1.87. The summed E-state index contributed by atoms with van der Waals surface area (Å²) in [4.78, 5) is 21.9. The van der Waals surface area contributed by atoms with E-state index < -0.39 is 35.4 Å². The third-order valence-electron chi connectivity index (χ3n) is 2.69. The molecule has 5 nitrogen and oxygen atoms in total. The SMILES string of the molecule is COc1cc(CC(NC(C)=O)C(=O)O)ccc1C(F)(F)F. The average molecular weight is 305 g/mol. The number of benzene rings is 1. The lowest BCUT2D eigenvalue weighted by atomic mass is 10.0. The van der Waals surface area contributed by atoms with Gasteiger partial charge >= 0.3 is 12.1 Å². The summed E-state index contributed by atoms with van der Waals surface area (Å²) < 4.78 is 42.8. The summed E-state index contributed by atoms with van der Waals surface area (Å²) >= 11 is 0. The van der Waals surface area contributed by atoms with Gasteiger partial charge in [-0.1, -0.05) is 6.07 Å². The van der Waals surface area contributed by atoms with Gasteiger partial charge < -0.3 is 15.2 Å². The zero-order valence-electron chi connectivity index (χ0n) is 11.3. The van der Waals surface area contributed by atoms with Gasteiger partial charge in [-0.25, -0.2) is 4.79 Å². The Balaban J connectivity index is 3.04. The van der Waals surface area contributed by atoms with Crippen molar-refractivity contribution in [3.8, 4) is 5.75 Å². The molecule has 8 heteroatoms. The first kappa shape index (κ1) is 16.8. The largest absolute Gasteiger partial charge is 0.496 e. The van der Waals surface area contributed by atoms with Crippen LogP contribution in [0, 0.1) is 0 Å². The molecule has 0 aromatic heterocycles. The molecule has 0 radical (unpaired) electrons. The second-order valence-corrected chi connectivity index (χ2v) is 4.33. The Morgan fingerprint density at radius 2 is 2.00 bits per heavy atom. The van der Waals surface area contributed by atoms with E-state index in [9.17, 15) is 22.8 Å². The van der Waals surface area contributed by atoms with Crippen LogP contribution in [0.2, 0.25) is 0 Å². The molecule has 0 heterocycles. The highest BCUT2D eigenvalue weighted by atomic mass is 19.4. The number of nitrogens with one attached hydrogen (secondary N) is 1. The number of ether oxygens (including phenoxy) is 1. The predicted molar refractivity (Wildman–Crippen MR) is 66.9 cm³/mol. The quantitative estimate of drug-likeness (QED) is 0.870. The molecule has 1 amide bonds. The number of carboxylic acids is 1. The Bertz CT molecular complexity index is 543. The van der Waals surface area contributed by atoms with E-state index in [1.165, 1.54) is 0 Å². The fraction of sp³-hybridized carbons (Fsp3) is 0.385. The predicted octanol–water partition coefficient (Wildman–Crippen LogP) is 1.85. The van der Waals surface area contributed by atoms with Gasteiger partial charge in [-0.15, -0.1) is 0 Å². The number of carbonyl (C=O) groups is 2. The van der Waals surface area contributed by atoms with Crippen LogP contribution in [-0.4, -0.2) is 30.1 Å². The second kappa shape index (κ2) is 6.47. The lowest BCUT2D eigenvalue weighted by Crippen LogP contribution is -2.41. The fourth-order valence-electron chi connectivity index (χ4n) is 1.78. The minimum Gasteiger partial charge on any atom is -0.496 e. The van der Waals surface area contributed by atoms with Crippen molar-refractivity contribution < 1.29 is 32.6 Å². The van der Waals surface area contributed by atoms with Gasteiger partial charge in [0.25, 0.3) is 0 Å². The van der Waals surface area contributed by atoms with E-state index in [0.717, 1.165) is 32.2 Å². The third-order valence-corrected chi connectivity index (χ3v) is 2.69. The van der Waals surface area contributed by atoms with E-state index in [-0.39, 0.29) is 6.42 Å². The van der Waals surface area contributed by atoms with Crippen molar-refractivity contribution in [3.05, 3.63) is 29.3 Å². The molecule has 0 saturated carbocycles. The minimum atomic E-state index is -4.56. The van der Waals surface area contributed by atoms with Gasteiger partial charge in [0.05, 0.1) is 12.7 Å². The van der Waals surface area contributed by atoms with Crippen LogP contribution in [-0.2, 0) is 22.2 Å². The lowest BCUT2D eigenvalue weighted by molar-refractivity contribution is -0.141. The topological polar surface area (TPSA) is 75.6 Å². The van der Waals surface area contributed by atoms with Crippen LogP contribution in [0.5, 0.6) is 5.75 Å². The number of carbonyl (C=O) groups excluding carboxylic acids is 1. The molecule has 1 atom stereocenters. The van der Waals surface area contributed by atoms with E-state index in [4.69, 9.17) is 5.11 Å². The summed E-state index contributed by atoms with van der Waals surface area (Å²) in [7, 11) is 1.09. The van der Waals surface area contributed by atoms with Gasteiger partial charge in [-0.05, 0) is 17.7 Å². The average Bonchev–Trinajstić information content (AvgIpc) is 2.35. The van der Waals surface area contributed by atoms with E-state index in [2.05, 4.69) is 10.1 Å². The number of hydrogen-bond donors (Lipinski definition) is 2. The van der Waals surface area contributed by atoms with Crippen LogP contribution < -0.4 is 10.1 Å².